The Morgan fingerprint density at radius 1 is 1.39 bits per heavy atom. The Morgan fingerprint density at radius 3 is 2.72 bits per heavy atom. The van der Waals surface area contributed by atoms with Gasteiger partial charge in [0.25, 0.3) is 0 Å². The molecule has 0 radical (unpaired) electrons. The molecule has 4 nitrogen and oxygen atoms in total. The normalized spacial score (nSPS) is 10.3. The van der Waals surface area contributed by atoms with E-state index in [0.717, 1.165) is 10.4 Å². The fourth-order valence-corrected chi connectivity index (χ4v) is 2.39. The van der Waals surface area contributed by atoms with Crippen LogP contribution in [0.1, 0.15) is 29.0 Å². The Morgan fingerprint density at radius 2 is 2.17 bits per heavy atom. The van der Waals surface area contributed by atoms with Gasteiger partial charge in [-0.1, -0.05) is 6.07 Å². The molecule has 2 rings (SSSR count). The monoisotopic (exact) mass is 263 g/mol. The number of carbonyl (C=O) groups is 2. The summed E-state index contributed by atoms with van der Waals surface area (Å²) < 4.78 is 6.40. The smallest absolute Gasteiger partial charge is 0.340 e. The molecule has 2 aromatic heterocycles. The van der Waals surface area contributed by atoms with Crippen molar-refractivity contribution in [2.45, 2.75) is 13.8 Å². The van der Waals surface area contributed by atoms with Gasteiger partial charge in [0.1, 0.15) is 0 Å². The average Bonchev–Trinajstić information content (AvgIpc) is 2.98. The van der Waals surface area contributed by atoms with Crippen LogP contribution in [0.2, 0.25) is 0 Å². The molecule has 2 heterocycles. The van der Waals surface area contributed by atoms with Gasteiger partial charge >= 0.3 is 5.97 Å². The van der Waals surface area contributed by atoms with E-state index >= 15 is 0 Å². The highest BCUT2D eigenvalue weighted by molar-refractivity contribution is 7.13. The zero-order valence-electron chi connectivity index (χ0n) is 10.2. The van der Waals surface area contributed by atoms with E-state index < -0.39 is 5.97 Å². The van der Waals surface area contributed by atoms with Gasteiger partial charge in [-0.2, -0.15) is 0 Å². The molecule has 2 aromatic rings. The summed E-state index contributed by atoms with van der Waals surface area (Å²) in [5.74, 6) is -0.538. The predicted molar refractivity (Wildman–Crippen MR) is 70.0 cm³/mol. The maximum absolute atomic E-state index is 11.9. The number of ether oxygens (including phenoxy) is 1. The predicted octanol–water partition coefficient (Wildman–Crippen LogP) is 3.05. The van der Waals surface area contributed by atoms with Gasteiger partial charge in [-0.25, -0.2) is 4.79 Å². The Kier molecular flexibility index (Phi) is 3.62. The summed E-state index contributed by atoms with van der Waals surface area (Å²) >= 11 is 1.52. The molecule has 0 saturated carbocycles. The first-order valence-corrected chi connectivity index (χ1v) is 6.45. The second kappa shape index (κ2) is 5.18. The maximum atomic E-state index is 11.9. The van der Waals surface area contributed by atoms with E-state index in [1.54, 1.807) is 13.1 Å². The molecule has 94 valence electrons. The number of carbonyl (C=O) groups excluding carboxylic acids is 2. The van der Waals surface area contributed by atoms with Crippen LogP contribution < -0.4 is 0 Å². The molecule has 0 saturated heterocycles. The van der Waals surface area contributed by atoms with Gasteiger partial charge in [-0.15, -0.1) is 11.3 Å². The molecule has 0 aliphatic heterocycles. The second-order valence-electron chi connectivity index (χ2n) is 3.71. The van der Waals surface area contributed by atoms with E-state index in [0.29, 0.717) is 12.2 Å². The maximum Gasteiger partial charge on any atom is 0.340 e. The standard InChI is InChI=1S/C13H13NO3S/c1-3-17-13(16)11-8-14(9(2)15)7-10(11)12-5-4-6-18-12/h4-8H,3H2,1-2H3. The molecule has 0 aromatic carbocycles. The van der Waals surface area contributed by atoms with Crippen LogP contribution in [0.25, 0.3) is 10.4 Å². The molecule has 0 spiro atoms. The lowest BCUT2D eigenvalue weighted by Crippen LogP contribution is -2.05. The molecule has 0 amide bonds. The van der Waals surface area contributed by atoms with Gasteiger partial charge in [0.2, 0.25) is 5.91 Å². The third kappa shape index (κ3) is 2.36. The highest BCUT2D eigenvalue weighted by Crippen LogP contribution is 2.29. The SMILES string of the molecule is CCOC(=O)c1cn(C(C)=O)cc1-c1cccs1. The van der Waals surface area contributed by atoms with Crippen LogP contribution in [-0.2, 0) is 4.74 Å². The Balaban J connectivity index is 2.49. The average molecular weight is 263 g/mol. The molecule has 0 fully saturated rings. The van der Waals surface area contributed by atoms with Gasteiger partial charge in [-0.05, 0) is 18.4 Å². The van der Waals surface area contributed by atoms with Crippen LogP contribution in [0.5, 0.6) is 0 Å². The minimum absolute atomic E-state index is 0.136. The molecule has 0 N–H and O–H groups in total. The second-order valence-corrected chi connectivity index (χ2v) is 4.66. The summed E-state index contributed by atoms with van der Waals surface area (Å²) in [6, 6.07) is 3.81. The number of esters is 1. The summed E-state index contributed by atoms with van der Waals surface area (Å²) in [7, 11) is 0. The van der Waals surface area contributed by atoms with Gasteiger partial charge in [0, 0.05) is 29.8 Å². The first-order chi connectivity index (χ1) is 8.63. The van der Waals surface area contributed by atoms with Crippen molar-refractivity contribution in [3.8, 4) is 10.4 Å². The first-order valence-electron chi connectivity index (χ1n) is 5.57. The van der Waals surface area contributed by atoms with Crippen LogP contribution in [0.15, 0.2) is 29.9 Å². The first kappa shape index (κ1) is 12.6. The van der Waals surface area contributed by atoms with Crippen molar-refractivity contribution in [2.75, 3.05) is 6.61 Å². The van der Waals surface area contributed by atoms with Gasteiger partial charge < -0.3 is 4.74 Å². The Bertz CT molecular complexity index is 569. The lowest BCUT2D eigenvalue weighted by Gasteiger charge is -2.01. The van der Waals surface area contributed by atoms with Crippen molar-refractivity contribution in [3.05, 3.63) is 35.5 Å². The minimum Gasteiger partial charge on any atom is -0.462 e. The number of hydrogen-bond acceptors (Lipinski definition) is 4. The molecule has 0 bridgehead atoms. The summed E-state index contributed by atoms with van der Waals surface area (Å²) in [6.45, 7) is 3.52. The van der Waals surface area contributed by atoms with E-state index in [1.165, 1.54) is 29.0 Å². The number of thiophene rings is 1. The molecule has 18 heavy (non-hydrogen) atoms. The largest absolute Gasteiger partial charge is 0.462 e. The quantitative estimate of drug-likeness (QED) is 0.800. The fraction of sp³-hybridized carbons (Fsp3) is 0.231. The highest BCUT2D eigenvalue weighted by Gasteiger charge is 2.18. The zero-order chi connectivity index (χ0) is 13.1. The number of aromatic nitrogens is 1. The van der Waals surface area contributed by atoms with E-state index in [1.807, 2.05) is 17.5 Å². The molecule has 0 aliphatic rings. The van der Waals surface area contributed by atoms with E-state index in [9.17, 15) is 9.59 Å². The topological polar surface area (TPSA) is 48.3 Å². The van der Waals surface area contributed by atoms with E-state index in [-0.39, 0.29) is 5.91 Å². The van der Waals surface area contributed by atoms with E-state index in [2.05, 4.69) is 0 Å². The van der Waals surface area contributed by atoms with Crippen LogP contribution in [-0.4, -0.2) is 23.1 Å². The molecule has 0 aliphatic carbocycles. The van der Waals surface area contributed by atoms with Crippen LogP contribution >= 0.6 is 11.3 Å². The fourth-order valence-electron chi connectivity index (χ4n) is 1.64. The summed E-state index contributed by atoms with van der Waals surface area (Å²) in [6.07, 6.45) is 3.19. The van der Waals surface area contributed by atoms with Crippen molar-refractivity contribution < 1.29 is 14.3 Å². The highest BCUT2D eigenvalue weighted by atomic mass is 32.1. The number of rotatable bonds is 3. The van der Waals surface area contributed by atoms with Crippen LogP contribution in [0.3, 0.4) is 0 Å². The molecular weight excluding hydrogens is 250 g/mol. The van der Waals surface area contributed by atoms with Crippen molar-refractivity contribution in [1.82, 2.24) is 4.57 Å². The number of hydrogen-bond donors (Lipinski definition) is 0. The van der Waals surface area contributed by atoms with E-state index in [4.69, 9.17) is 4.74 Å². The Hall–Kier alpha value is -1.88. The van der Waals surface area contributed by atoms with Crippen LogP contribution in [0, 0.1) is 0 Å². The summed E-state index contributed by atoms with van der Waals surface area (Å²) in [4.78, 5) is 24.2. The van der Waals surface area contributed by atoms with Crippen molar-refractivity contribution in [3.63, 3.8) is 0 Å². The van der Waals surface area contributed by atoms with Crippen molar-refractivity contribution in [1.29, 1.82) is 0 Å². The lowest BCUT2D eigenvalue weighted by molar-refractivity contribution is 0.0527. The molecule has 5 heteroatoms. The van der Waals surface area contributed by atoms with Gasteiger partial charge in [-0.3, -0.25) is 9.36 Å². The molecule has 0 unspecified atom stereocenters. The van der Waals surface area contributed by atoms with Gasteiger partial charge in [0.15, 0.2) is 0 Å². The van der Waals surface area contributed by atoms with Gasteiger partial charge in [0.05, 0.1) is 12.2 Å². The Labute approximate surface area is 109 Å². The molecule has 0 atom stereocenters. The van der Waals surface area contributed by atoms with Crippen LogP contribution in [0.4, 0.5) is 0 Å². The zero-order valence-corrected chi connectivity index (χ0v) is 11.0. The summed E-state index contributed by atoms with van der Waals surface area (Å²) in [5, 5.41) is 1.93. The third-order valence-electron chi connectivity index (χ3n) is 2.47. The van der Waals surface area contributed by atoms with Crippen molar-refractivity contribution in [2.24, 2.45) is 0 Å². The minimum atomic E-state index is -0.402. The molecular formula is C13H13NO3S. The third-order valence-corrected chi connectivity index (χ3v) is 3.38. The van der Waals surface area contributed by atoms with Crippen molar-refractivity contribution >= 4 is 23.2 Å². The summed E-state index contributed by atoms with van der Waals surface area (Å²) in [5.41, 5.74) is 1.16. The number of nitrogens with zero attached hydrogens (tertiary/aromatic N) is 1. The lowest BCUT2D eigenvalue weighted by atomic mass is 10.2.